The number of nitrogens with one attached hydrogen (secondary N) is 1. The van der Waals surface area contributed by atoms with Crippen LogP contribution in [0.4, 0.5) is 0 Å². The number of hydrogen-bond donors (Lipinski definition) is 2. The van der Waals surface area contributed by atoms with E-state index in [0.717, 1.165) is 19.3 Å². The highest BCUT2D eigenvalue weighted by Gasteiger charge is 2.46. The molecule has 2 unspecified atom stereocenters. The van der Waals surface area contributed by atoms with Gasteiger partial charge in [-0.15, -0.1) is 0 Å². The molecule has 6 heteroatoms. The molecule has 1 aromatic rings. The van der Waals surface area contributed by atoms with Gasteiger partial charge in [0, 0.05) is 10.0 Å². The summed E-state index contributed by atoms with van der Waals surface area (Å²) >= 11 is 12.1. The summed E-state index contributed by atoms with van der Waals surface area (Å²) in [6, 6.07) is 5.02. The molecule has 2 N–H and O–H groups in total. The van der Waals surface area contributed by atoms with Crippen LogP contribution in [-0.2, 0) is 16.0 Å². The lowest BCUT2D eigenvalue weighted by Gasteiger charge is -2.39. The van der Waals surface area contributed by atoms with E-state index in [1.807, 2.05) is 6.92 Å². The van der Waals surface area contributed by atoms with Crippen LogP contribution in [0.25, 0.3) is 0 Å². The van der Waals surface area contributed by atoms with E-state index in [1.165, 1.54) is 0 Å². The van der Waals surface area contributed by atoms with Crippen molar-refractivity contribution in [2.24, 2.45) is 5.92 Å². The largest absolute Gasteiger partial charge is 0.479 e. The van der Waals surface area contributed by atoms with Gasteiger partial charge in [-0.2, -0.15) is 0 Å². The van der Waals surface area contributed by atoms with E-state index in [9.17, 15) is 14.7 Å². The minimum atomic E-state index is -1.19. The Bertz CT molecular complexity index is 571. The summed E-state index contributed by atoms with van der Waals surface area (Å²) in [5.41, 5.74) is -0.671. The lowest BCUT2D eigenvalue weighted by atomic mass is 9.73. The zero-order valence-corrected chi connectivity index (χ0v) is 13.9. The molecule has 1 fully saturated rings. The quantitative estimate of drug-likeness (QED) is 0.876. The number of benzene rings is 1. The number of hydrogen-bond acceptors (Lipinski definition) is 2. The van der Waals surface area contributed by atoms with Crippen LogP contribution >= 0.6 is 23.2 Å². The van der Waals surface area contributed by atoms with Crippen LogP contribution in [0.1, 0.15) is 38.2 Å². The second-order valence-electron chi connectivity index (χ2n) is 5.85. The van der Waals surface area contributed by atoms with Crippen molar-refractivity contribution in [2.75, 3.05) is 0 Å². The van der Waals surface area contributed by atoms with Gasteiger partial charge in [-0.3, -0.25) is 4.79 Å². The van der Waals surface area contributed by atoms with Crippen molar-refractivity contribution in [1.82, 2.24) is 5.32 Å². The molecule has 1 aliphatic carbocycles. The van der Waals surface area contributed by atoms with Crippen molar-refractivity contribution in [2.45, 2.75) is 44.6 Å². The Morgan fingerprint density at radius 1 is 1.32 bits per heavy atom. The van der Waals surface area contributed by atoms with Crippen LogP contribution in [0.5, 0.6) is 0 Å². The maximum absolute atomic E-state index is 12.3. The minimum Gasteiger partial charge on any atom is -0.479 e. The minimum absolute atomic E-state index is 0.0275. The van der Waals surface area contributed by atoms with Crippen molar-refractivity contribution < 1.29 is 14.7 Å². The smallest absolute Gasteiger partial charge is 0.329 e. The molecule has 0 heterocycles. The number of rotatable bonds is 4. The fourth-order valence-electron chi connectivity index (χ4n) is 3.06. The molecule has 2 rings (SSSR count). The number of carbonyl (C=O) groups excluding carboxylic acids is 1. The number of carboxylic acid groups (broad SMARTS) is 1. The summed E-state index contributed by atoms with van der Waals surface area (Å²) < 4.78 is 0. The predicted octanol–water partition coefficient (Wildman–Crippen LogP) is 3.69. The monoisotopic (exact) mass is 343 g/mol. The molecule has 0 aromatic heterocycles. The van der Waals surface area contributed by atoms with Gasteiger partial charge in [0.1, 0.15) is 5.54 Å². The third-order valence-corrected chi connectivity index (χ3v) is 5.15. The average molecular weight is 344 g/mol. The predicted molar refractivity (Wildman–Crippen MR) is 86.3 cm³/mol. The van der Waals surface area contributed by atoms with Gasteiger partial charge in [0.25, 0.3) is 0 Å². The molecule has 0 radical (unpaired) electrons. The molecular weight excluding hydrogens is 325 g/mol. The van der Waals surface area contributed by atoms with E-state index in [2.05, 4.69) is 5.32 Å². The molecule has 0 aliphatic heterocycles. The van der Waals surface area contributed by atoms with Crippen molar-refractivity contribution in [3.05, 3.63) is 33.8 Å². The van der Waals surface area contributed by atoms with E-state index in [0.29, 0.717) is 22.0 Å². The van der Waals surface area contributed by atoms with E-state index < -0.39 is 11.5 Å². The number of aliphatic carboxylic acids is 1. The van der Waals surface area contributed by atoms with Crippen molar-refractivity contribution in [3.8, 4) is 0 Å². The summed E-state index contributed by atoms with van der Waals surface area (Å²) in [7, 11) is 0. The Kier molecular flexibility index (Phi) is 5.35. The van der Waals surface area contributed by atoms with Crippen molar-refractivity contribution in [3.63, 3.8) is 0 Å². The molecular formula is C16H19Cl2NO3. The maximum Gasteiger partial charge on any atom is 0.329 e. The Morgan fingerprint density at radius 3 is 2.50 bits per heavy atom. The van der Waals surface area contributed by atoms with Crippen LogP contribution in [0, 0.1) is 5.92 Å². The summed E-state index contributed by atoms with van der Waals surface area (Å²) in [5.74, 6) is -1.45. The summed E-state index contributed by atoms with van der Waals surface area (Å²) in [4.78, 5) is 24.1. The molecule has 22 heavy (non-hydrogen) atoms. The second kappa shape index (κ2) is 6.88. The Labute approximate surface area is 139 Å². The summed E-state index contributed by atoms with van der Waals surface area (Å²) in [6.07, 6.45) is 3.00. The molecule has 0 saturated heterocycles. The van der Waals surface area contributed by atoms with Gasteiger partial charge in [0.15, 0.2) is 0 Å². The Hall–Kier alpha value is -1.26. The van der Waals surface area contributed by atoms with Gasteiger partial charge in [0.2, 0.25) is 5.91 Å². The molecule has 1 amide bonds. The molecule has 120 valence electrons. The van der Waals surface area contributed by atoms with E-state index >= 15 is 0 Å². The highest BCUT2D eigenvalue weighted by molar-refractivity contribution is 6.36. The van der Waals surface area contributed by atoms with Crippen molar-refractivity contribution in [1.29, 1.82) is 0 Å². The van der Waals surface area contributed by atoms with Gasteiger partial charge >= 0.3 is 5.97 Å². The second-order valence-corrected chi connectivity index (χ2v) is 6.66. The van der Waals surface area contributed by atoms with E-state index in [-0.39, 0.29) is 18.2 Å². The highest BCUT2D eigenvalue weighted by Crippen LogP contribution is 2.34. The Balaban J connectivity index is 2.17. The maximum atomic E-state index is 12.3. The lowest BCUT2D eigenvalue weighted by molar-refractivity contribution is -0.151. The Morgan fingerprint density at radius 2 is 1.95 bits per heavy atom. The molecule has 2 atom stereocenters. The zero-order chi connectivity index (χ0) is 16.3. The first kappa shape index (κ1) is 17.1. The number of halogens is 2. The fraction of sp³-hybridized carbons (Fsp3) is 0.500. The summed E-state index contributed by atoms with van der Waals surface area (Å²) in [5, 5.41) is 13.2. The van der Waals surface area contributed by atoms with Crippen LogP contribution in [0.2, 0.25) is 10.0 Å². The average Bonchev–Trinajstić information content (AvgIpc) is 2.45. The molecule has 0 bridgehead atoms. The van der Waals surface area contributed by atoms with Gasteiger partial charge in [-0.25, -0.2) is 4.79 Å². The zero-order valence-electron chi connectivity index (χ0n) is 12.4. The first-order valence-electron chi connectivity index (χ1n) is 7.34. The first-order valence-corrected chi connectivity index (χ1v) is 8.09. The van der Waals surface area contributed by atoms with Gasteiger partial charge in [0.05, 0.1) is 6.42 Å². The number of carbonyl (C=O) groups is 2. The van der Waals surface area contributed by atoms with Crippen LogP contribution in [0.3, 0.4) is 0 Å². The number of carboxylic acids is 1. The summed E-state index contributed by atoms with van der Waals surface area (Å²) in [6.45, 7) is 1.87. The third-order valence-electron chi connectivity index (χ3n) is 4.44. The van der Waals surface area contributed by atoms with Gasteiger partial charge < -0.3 is 10.4 Å². The van der Waals surface area contributed by atoms with Crippen LogP contribution in [-0.4, -0.2) is 22.5 Å². The van der Waals surface area contributed by atoms with Gasteiger partial charge in [-0.05, 0) is 36.5 Å². The van der Waals surface area contributed by atoms with E-state index in [1.54, 1.807) is 18.2 Å². The van der Waals surface area contributed by atoms with Gasteiger partial charge in [-0.1, -0.05) is 49.0 Å². The molecule has 4 nitrogen and oxygen atoms in total. The first-order chi connectivity index (χ1) is 10.4. The van der Waals surface area contributed by atoms with Crippen LogP contribution < -0.4 is 5.32 Å². The third kappa shape index (κ3) is 3.39. The molecule has 0 spiro atoms. The van der Waals surface area contributed by atoms with E-state index in [4.69, 9.17) is 23.2 Å². The lowest BCUT2D eigenvalue weighted by Crippen LogP contribution is -2.60. The topological polar surface area (TPSA) is 66.4 Å². The molecule has 1 aromatic carbocycles. The normalized spacial score (nSPS) is 24.8. The molecule has 1 saturated carbocycles. The molecule has 1 aliphatic rings. The fourth-order valence-corrected chi connectivity index (χ4v) is 3.59. The standard InChI is InChI=1S/C16H19Cl2NO3/c1-10-5-2-3-8-16(10,15(21)22)19-14(20)9-11-12(17)6-4-7-13(11)18/h4,6-7,10H,2-3,5,8-9H2,1H3,(H,19,20)(H,21,22). The van der Waals surface area contributed by atoms with Crippen LogP contribution in [0.15, 0.2) is 18.2 Å². The van der Waals surface area contributed by atoms with Crippen molar-refractivity contribution >= 4 is 35.1 Å². The highest BCUT2D eigenvalue weighted by atomic mass is 35.5. The number of amides is 1. The SMILES string of the molecule is CC1CCCCC1(NC(=O)Cc1c(Cl)cccc1Cl)C(=O)O.